The summed E-state index contributed by atoms with van der Waals surface area (Å²) in [4.78, 5) is 11.1. The monoisotopic (exact) mass is 452 g/mol. The SMILES string of the molecule is CC.COC1CC2C(C(O)CC3CC(O)CCC32C)C2CCC(C(C)CCC(=O)O)C12C. The van der Waals surface area contributed by atoms with E-state index >= 15 is 0 Å². The summed E-state index contributed by atoms with van der Waals surface area (Å²) in [5.41, 5.74) is 0.167. The zero-order chi connectivity index (χ0) is 23.8. The van der Waals surface area contributed by atoms with Crippen LogP contribution >= 0.6 is 0 Å². The van der Waals surface area contributed by atoms with Crippen molar-refractivity contribution in [3.63, 3.8) is 0 Å². The van der Waals surface area contributed by atoms with E-state index in [0.717, 1.165) is 44.9 Å². The largest absolute Gasteiger partial charge is 0.481 e. The van der Waals surface area contributed by atoms with E-state index in [-0.39, 0.29) is 35.6 Å². The first kappa shape index (κ1) is 26.0. The van der Waals surface area contributed by atoms with Crippen LogP contribution in [0, 0.1) is 46.3 Å². The Morgan fingerprint density at radius 3 is 2.38 bits per heavy atom. The summed E-state index contributed by atoms with van der Waals surface area (Å²) >= 11 is 0. The highest BCUT2D eigenvalue weighted by Gasteiger charge is 2.66. The van der Waals surface area contributed by atoms with Crippen molar-refractivity contribution in [2.45, 2.75) is 111 Å². The molecule has 0 radical (unpaired) electrons. The van der Waals surface area contributed by atoms with E-state index in [2.05, 4.69) is 20.8 Å². The van der Waals surface area contributed by atoms with Gasteiger partial charge in [-0.3, -0.25) is 4.79 Å². The first-order valence-corrected chi connectivity index (χ1v) is 13.2. The average molecular weight is 453 g/mol. The Bertz CT molecular complexity index is 652. The molecule has 11 unspecified atom stereocenters. The number of aliphatic hydroxyl groups excluding tert-OH is 2. The first-order chi connectivity index (χ1) is 15.1. The molecule has 0 aromatic carbocycles. The fraction of sp³-hybridized carbons (Fsp3) is 0.963. The van der Waals surface area contributed by atoms with Crippen LogP contribution in [0.15, 0.2) is 0 Å². The second-order valence-electron chi connectivity index (χ2n) is 11.6. The van der Waals surface area contributed by atoms with Crippen LogP contribution in [-0.2, 0) is 9.53 Å². The summed E-state index contributed by atoms with van der Waals surface area (Å²) in [6, 6.07) is 0. The van der Waals surface area contributed by atoms with Crippen molar-refractivity contribution in [2.75, 3.05) is 7.11 Å². The van der Waals surface area contributed by atoms with Gasteiger partial charge >= 0.3 is 5.97 Å². The maximum Gasteiger partial charge on any atom is 0.303 e. The van der Waals surface area contributed by atoms with Crippen LogP contribution in [-0.4, -0.2) is 46.7 Å². The normalized spacial score (nSPS) is 48.5. The van der Waals surface area contributed by atoms with Crippen LogP contribution in [0.1, 0.15) is 92.4 Å². The molecule has 0 aliphatic heterocycles. The summed E-state index contributed by atoms with van der Waals surface area (Å²) in [7, 11) is 1.84. The average Bonchev–Trinajstić information content (AvgIpc) is 3.12. The summed E-state index contributed by atoms with van der Waals surface area (Å²) in [5.74, 6) is 1.64. The van der Waals surface area contributed by atoms with Crippen molar-refractivity contribution in [1.29, 1.82) is 0 Å². The predicted octanol–water partition coefficient (Wildman–Crippen LogP) is 5.13. The van der Waals surface area contributed by atoms with Crippen LogP contribution < -0.4 is 0 Å². The lowest BCUT2D eigenvalue weighted by Gasteiger charge is -2.64. The number of rotatable bonds is 5. The number of carboxylic acids is 1. The van der Waals surface area contributed by atoms with Crippen LogP contribution in [0.25, 0.3) is 0 Å². The van der Waals surface area contributed by atoms with Gasteiger partial charge in [-0.05, 0) is 92.3 Å². The molecule has 4 fully saturated rings. The number of carboxylic acid groups (broad SMARTS) is 1. The van der Waals surface area contributed by atoms with Gasteiger partial charge < -0.3 is 20.1 Å². The molecule has 4 aliphatic rings. The standard InChI is InChI=1S/C25H42O5.C2H6/c1-14(5-8-22(28)29)17-6-7-18-23-19(13-21(30-4)25(17,18)3)24(2)10-9-16(26)11-15(24)12-20(23)27;1-2/h14-21,23,26-27H,5-13H2,1-4H3,(H,28,29);1-2H3. The summed E-state index contributed by atoms with van der Waals surface area (Å²) in [6.45, 7) is 11.0. The van der Waals surface area contributed by atoms with Crippen molar-refractivity contribution >= 4 is 5.97 Å². The van der Waals surface area contributed by atoms with Gasteiger partial charge in [-0.15, -0.1) is 0 Å². The van der Waals surface area contributed by atoms with Gasteiger partial charge in [0.05, 0.1) is 18.3 Å². The molecule has 5 nitrogen and oxygen atoms in total. The lowest BCUT2D eigenvalue weighted by molar-refractivity contribution is -0.212. The van der Waals surface area contributed by atoms with Crippen molar-refractivity contribution < 1.29 is 24.9 Å². The predicted molar refractivity (Wildman–Crippen MR) is 126 cm³/mol. The van der Waals surface area contributed by atoms with Gasteiger partial charge in [0.2, 0.25) is 0 Å². The molecule has 0 aromatic heterocycles. The summed E-state index contributed by atoms with van der Waals surface area (Å²) < 4.78 is 6.20. The lowest BCUT2D eigenvalue weighted by Crippen LogP contribution is -2.62. The third kappa shape index (κ3) is 4.15. The Labute approximate surface area is 195 Å². The van der Waals surface area contributed by atoms with E-state index in [4.69, 9.17) is 4.74 Å². The number of methoxy groups -OCH3 is 1. The number of aliphatic carboxylic acids is 1. The number of aliphatic hydroxyl groups is 2. The molecule has 4 aliphatic carbocycles. The quantitative estimate of drug-likeness (QED) is 0.538. The third-order valence-electron chi connectivity index (χ3n) is 10.6. The zero-order valence-electron chi connectivity index (χ0n) is 21.2. The van der Waals surface area contributed by atoms with E-state index in [1.165, 1.54) is 0 Å². The second-order valence-corrected chi connectivity index (χ2v) is 11.6. The highest BCUT2D eigenvalue weighted by Crippen LogP contribution is 2.68. The topological polar surface area (TPSA) is 87.0 Å². The molecule has 3 N–H and O–H groups in total. The van der Waals surface area contributed by atoms with Gasteiger partial charge in [-0.1, -0.05) is 34.6 Å². The molecular weight excluding hydrogens is 404 g/mol. The summed E-state index contributed by atoms with van der Waals surface area (Å²) in [5, 5.41) is 30.8. The van der Waals surface area contributed by atoms with Crippen molar-refractivity contribution in [3.8, 4) is 0 Å². The van der Waals surface area contributed by atoms with E-state index in [9.17, 15) is 20.1 Å². The number of carbonyl (C=O) groups is 1. The van der Waals surface area contributed by atoms with Gasteiger partial charge in [0.25, 0.3) is 0 Å². The van der Waals surface area contributed by atoms with E-state index < -0.39 is 5.97 Å². The molecule has 4 rings (SSSR count). The minimum absolute atomic E-state index is 0.00774. The molecule has 0 heterocycles. The van der Waals surface area contributed by atoms with Gasteiger partial charge in [-0.25, -0.2) is 0 Å². The van der Waals surface area contributed by atoms with Crippen LogP contribution in [0.2, 0.25) is 0 Å². The van der Waals surface area contributed by atoms with Gasteiger partial charge in [0.1, 0.15) is 0 Å². The minimum Gasteiger partial charge on any atom is -0.481 e. The molecule has 32 heavy (non-hydrogen) atoms. The van der Waals surface area contributed by atoms with Crippen molar-refractivity contribution in [1.82, 2.24) is 0 Å². The van der Waals surface area contributed by atoms with E-state index in [1.807, 2.05) is 21.0 Å². The molecule has 186 valence electrons. The Balaban J connectivity index is 0.00000141. The Morgan fingerprint density at radius 1 is 1.06 bits per heavy atom. The fourth-order valence-electron chi connectivity index (χ4n) is 9.01. The Hall–Kier alpha value is -0.650. The van der Waals surface area contributed by atoms with E-state index in [0.29, 0.717) is 41.9 Å². The van der Waals surface area contributed by atoms with Gasteiger partial charge in [0, 0.05) is 18.9 Å². The number of ether oxygens (including phenoxy) is 1. The van der Waals surface area contributed by atoms with Gasteiger partial charge in [0.15, 0.2) is 0 Å². The highest BCUT2D eigenvalue weighted by molar-refractivity contribution is 5.66. The molecule has 0 bridgehead atoms. The van der Waals surface area contributed by atoms with Crippen molar-refractivity contribution in [2.24, 2.45) is 46.3 Å². The first-order valence-electron chi connectivity index (χ1n) is 13.2. The minimum atomic E-state index is -0.713. The number of hydrogen-bond donors (Lipinski definition) is 3. The van der Waals surface area contributed by atoms with E-state index in [1.54, 1.807) is 0 Å². The lowest BCUT2D eigenvalue weighted by atomic mass is 9.43. The van der Waals surface area contributed by atoms with Crippen LogP contribution in [0.3, 0.4) is 0 Å². The third-order valence-corrected chi connectivity index (χ3v) is 10.6. The molecule has 0 saturated heterocycles. The zero-order valence-corrected chi connectivity index (χ0v) is 21.2. The smallest absolute Gasteiger partial charge is 0.303 e. The molecular formula is C27H48O5. The number of hydrogen-bond acceptors (Lipinski definition) is 4. The molecule has 5 heteroatoms. The van der Waals surface area contributed by atoms with Crippen molar-refractivity contribution in [3.05, 3.63) is 0 Å². The Kier molecular flexibility index (Phi) is 8.04. The molecule has 11 atom stereocenters. The molecule has 0 spiro atoms. The summed E-state index contributed by atoms with van der Waals surface area (Å²) in [6.07, 6.45) is 7.35. The second kappa shape index (κ2) is 9.92. The number of fused-ring (bicyclic) bond motifs is 5. The maximum absolute atomic E-state index is 11.4. The molecule has 0 amide bonds. The van der Waals surface area contributed by atoms with Crippen LogP contribution in [0.4, 0.5) is 0 Å². The fourth-order valence-corrected chi connectivity index (χ4v) is 9.01. The van der Waals surface area contributed by atoms with Gasteiger partial charge in [-0.2, -0.15) is 0 Å². The highest BCUT2D eigenvalue weighted by atomic mass is 16.5. The molecule has 0 aromatic rings. The maximum atomic E-state index is 11.4. The molecule has 4 saturated carbocycles. The van der Waals surface area contributed by atoms with Crippen LogP contribution in [0.5, 0.6) is 0 Å². The Morgan fingerprint density at radius 2 is 1.75 bits per heavy atom.